The lowest BCUT2D eigenvalue weighted by atomic mass is 9.35. The van der Waals surface area contributed by atoms with E-state index in [1.807, 2.05) is 0 Å². The number of nitrogen functional groups attached to an aromatic ring is 1. The lowest BCUT2D eigenvalue weighted by Gasteiger charge is -2.66. The smallest absolute Gasteiger partial charge is 0.309 e. The first-order chi connectivity index (χ1) is 7.46. The molecule has 1 heterocycles. The number of aromatic nitrogens is 2. The summed E-state index contributed by atoms with van der Waals surface area (Å²) in [6, 6.07) is 1.49. The van der Waals surface area contributed by atoms with Gasteiger partial charge in [-0.25, -0.2) is 9.97 Å². The first kappa shape index (κ1) is 9.84. The number of halogens is 1. The van der Waals surface area contributed by atoms with Gasteiger partial charge < -0.3 is 10.8 Å². The number of nitrogens with two attached hydrogens (primary N) is 1. The molecular formula is C10H10ClN3O2. The number of carboxylic acid groups (broad SMARTS) is 1. The van der Waals surface area contributed by atoms with Gasteiger partial charge in [-0.3, -0.25) is 4.79 Å². The summed E-state index contributed by atoms with van der Waals surface area (Å²) in [7, 11) is 0. The number of aliphatic carboxylic acids is 1. The second-order valence-corrected chi connectivity index (χ2v) is 5.22. The fourth-order valence-corrected chi connectivity index (χ4v) is 3.12. The maximum atomic E-state index is 11.0. The van der Waals surface area contributed by atoms with Gasteiger partial charge in [0.15, 0.2) is 0 Å². The van der Waals surface area contributed by atoms with Crippen molar-refractivity contribution in [3.8, 4) is 0 Å². The normalized spacial score (nSPS) is 35.1. The van der Waals surface area contributed by atoms with E-state index in [9.17, 15) is 4.79 Å². The fraction of sp³-hybridized carbons (Fsp3) is 0.500. The first-order valence-electron chi connectivity index (χ1n) is 5.00. The Labute approximate surface area is 96.6 Å². The molecule has 0 radical (unpaired) electrons. The van der Waals surface area contributed by atoms with Crippen LogP contribution in [0.3, 0.4) is 0 Å². The zero-order chi connectivity index (χ0) is 11.6. The predicted octanol–water partition coefficient (Wildman–Crippen LogP) is 1.22. The van der Waals surface area contributed by atoms with E-state index in [0.717, 1.165) is 0 Å². The Morgan fingerprint density at radius 3 is 2.56 bits per heavy atom. The maximum absolute atomic E-state index is 11.0. The van der Waals surface area contributed by atoms with Gasteiger partial charge in [0.1, 0.15) is 16.8 Å². The summed E-state index contributed by atoms with van der Waals surface area (Å²) in [5, 5.41) is 9.33. The molecule has 0 atom stereocenters. The second kappa shape index (κ2) is 2.66. The molecule has 0 amide bonds. The Hall–Kier alpha value is -1.36. The van der Waals surface area contributed by atoms with Gasteiger partial charge >= 0.3 is 5.97 Å². The SMILES string of the molecule is Nc1cc(Cl)nc(C23CC(C(=O)O)(C2)C3)n1. The van der Waals surface area contributed by atoms with Gasteiger partial charge in [0.05, 0.1) is 5.41 Å². The minimum absolute atomic E-state index is 0.183. The molecule has 3 saturated carbocycles. The van der Waals surface area contributed by atoms with E-state index in [4.69, 9.17) is 22.4 Å². The largest absolute Gasteiger partial charge is 0.481 e. The predicted molar refractivity (Wildman–Crippen MR) is 57.1 cm³/mol. The molecule has 3 aliphatic rings. The average molecular weight is 240 g/mol. The van der Waals surface area contributed by atoms with E-state index in [2.05, 4.69) is 9.97 Å². The number of anilines is 1. The molecule has 5 nitrogen and oxygen atoms in total. The summed E-state index contributed by atoms with van der Waals surface area (Å²) in [4.78, 5) is 19.2. The van der Waals surface area contributed by atoms with Gasteiger partial charge in [-0.15, -0.1) is 0 Å². The first-order valence-corrected chi connectivity index (χ1v) is 5.38. The number of rotatable bonds is 2. The van der Waals surface area contributed by atoms with Crippen molar-refractivity contribution in [3.05, 3.63) is 17.0 Å². The summed E-state index contributed by atoms with van der Waals surface area (Å²) in [5.74, 6) is 0.217. The van der Waals surface area contributed by atoms with Crippen LogP contribution in [0.4, 0.5) is 5.82 Å². The average Bonchev–Trinajstić information content (AvgIpc) is 1.94. The van der Waals surface area contributed by atoms with E-state index in [0.29, 0.717) is 36.1 Å². The van der Waals surface area contributed by atoms with Gasteiger partial charge in [-0.2, -0.15) is 0 Å². The third-order valence-corrected chi connectivity index (χ3v) is 3.87. The Morgan fingerprint density at radius 2 is 2.06 bits per heavy atom. The number of carboxylic acids is 1. The molecule has 1 aromatic heterocycles. The highest BCUT2D eigenvalue weighted by atomic mass is 35.5. The molecule has 4 rings (SSSR count). The van der Waals surface area contributed by atoms with Gasteiger partial charge in [-0.1, -0.05) is 11.6 Å². The maximum Gasteiger partial charge on any atom is 0.309 e. The molecule has 3 aliphatic carbocycles. The van der Waals surface area contributed by atoms with Crippen LogP contribution < -0.4 is 5.73 Å². The second-order valence-electron chi connectivity index (χ2n) is 4.84. The van der Waals surface area contributed by atoms with Crippen LogP contribution in [0.1, 0.15) is 25.1 Å². The molecule has 3 N–H and O–H groups in total. The van der Waals surface area contributed by atoms with Crippen LogP contribution in [0.5, 0.6) is 0 Å². The van der Waals surface area contributed by atoms with Crippen molar-refractivity contribution >= 4 is 23.4 Å². The molecule has 0 unspecified atom stereocenters. The lowest BCUT2D eigenvalue weighted by Crippen LogP contribution is -2.68. The van der Waals surface area contributed by atoms with Crippen molar-refractivity contribution in [1.82, 2.24) is 9.97 Å². The van der Waals surface area contributed by atoms with E-state index in [1.54, 1.807) is 0 Å². The summed E-state index contributed by atoms with van der Waals surface area (Å²) < 4.78 is 0. The van der Waals surface area contributed by atoms with Crippen LogP contribution in [0.25, 0.3) is 0 Å². The van der Waals surface area contributed by atoms with Crippen molar-refractivity contribution < 1.29 is 9.90 Å². The van der Waals surface area contributed by atoms with Crippen LogP contribution in [0.15, 0.2) is 6.07 Å². The van der Waals surface area contributed by atoms with Crippen LogP contribution in [-0.2, 0) is 10.2 Å². The number of hydrogen-bond acceptors (Lipinski definition) is 4. The highest BCUT2D eigenvalue weighted by Crippen LogP contribution is 2.73. The molecule has 2 bridgehead atoms. The minimum atomic E-state index is -0.718. The summed E-state index contributed by atoms with van der Waals surface area (Å²) >= 11 is 5.80. The molecule has 0 aromatic carbocycles. The quantitative estimate of drug-likeness (QED) is 0.758. The van der Waals surface area contributed by atoms with Gasteiger partial charge in [0, 0.05) is 11.5 Å². The third kappa shape index (κ3) is 1.04. The Balaban J connectivity index is 1.90. The number of nitrogens with zero attached hydrogens (tertiary/aromatic N) is 2. The topological polar surface area (TPSA) is 89.1 Å². The molecule has 1 aromatic rings. The van der Waals surface area contributed by atoms with E-state index in [1.165, 1.54) is 6.07 Å². The fourth-order valence-electron chi connectivity index (χ4n) is 2.92. The van der Waals surface area contributed by atoms with Crippen molar-refractivity contribution in [2.24, 2.45) is 5.41 Å². The van der Waals surface area contributed by atoms with E-state index in [-0.39, 0.29) is 5.41 Å². The van der Waals surface area contributed by atoms with Gasteiger partial charge in [0.2, 0.25) is 0 Å². The van der Waals surface area contributed by atoms with Crippen molar-refractivity contribution in [1.29, 1.82) is 0 Å². The zero-order valence-corrected chi connectivity index (χ0v) is 9.16. The highest BCUT2D eigenvalue weighted by Gasteiger charge is 2.73. The molecule has 3 fully saturated rings. The monoisotopic (exact) mass is 239 g/mol. The van der Waals surface area contributed by atoms with Crippen LogP contribution in [-0.4, -0.2) is 21.0 Å². The highest BCUT2D eigenvalue weighted by molar-refractivity contribution is 6.29. The number of hydrogen-bond donors (Lipinski definition) is 2. The van der Waals surface area contributed by atoms with Crippen LogP contribution >= 0.6 is 11.6 Å². The van der Waals surface area contributed by atoms with Crippen LogP contribution in [0.2, 0.25) is 5.15 Å². The van der Waals surface area contributed by atoms with E-state index < -0.39 is 11.4 Å². The van der Waals surface area contributed by atoms with Crippen LogP contribution in [0, 0.1) is 5.41 Å². The molecule has 6 heteroatoms. The Morgan fingerprint density at radius 1 is 1.44 bits per heavy atom. The van der Waals surface area contributed by atoms with Crippen molar-refractivity contribution in [3.63, 3.8) is 0 Å². The molecule has 16 heavy (non-hydrogen) atoms. The Bertz CT molecular complexity index is 463. The molecular weight excluding hydrogens is 230 g/mol. The minimum Gasteiger partial charge on any atom is -0.481 e. The molecule has 0 saturated heterocycles. The van der Waals surface area contributed by atoms with Crippen molar-refractivity contribution in [2.45, 2.75) is 24.7 Å². The van der Waals surface area contributed by atoms with Crippen molar-refractivity contribution in [2.75, 3.05) is 5.73 Å². The van der Waals surface area contributed by atoms with E-state index >= 15 is 0 Å². The molecule has 0 spiro atoms. The standard InChI is InChI=1S/C10H10ClN3O2/c11-5-1-6(12)14-7(13-5)9-2-10(3-9,4-9)8(15)16/h1H,2-4H2,(H,15,16)(H2,12,13,14). The summed E-state index contributed by atoms with van der Waals surface area (Å²) in [6.07, 6.45) is 1.82. The third-order valence-electron chi connectivity index (χ3n) is 3.67. The zero-order valence-electron chi connectivity index (χ0n) is 8.40. The molecule has 84 valence electrons. The number of carbonyl (C=O) groups is 1. The summed E-state index contributed by atoms with van der Waals surface area (Å²) in [5.41, 5.74) is 4.88. The summed E-state index contributed by atoms with van der Waals surface area (Å²) in [6.45, 7) is 0. The van der Waals surface area contributed by atoms with Gasteiger partial charge in [0.25, 0.3) is 0 Å². The van der Waals surface area contributed by atoms with Gasteiger partial charge in [-0.05, 0) is 19.3 Å². The lowest BCUT2D eigenvalue weighted by molar-refractivity contribution is -0.196. The Kier molecular flexibility index (Phi) is 1.63. The molecule has 0 aliphatic heterocycles.